The van der Waals surface area contributed by atoms with E-state index in [0.29, 0.717) is 23.1 Å². The summed E-state index contributed by atoms with van der Waals surface area (Å²) in [5.74, 6) is 1.62. The minimum atomic E-state index is -0.274. The van der Waals surface area contributed by atoms with E-state index in [4.69, 9.17) is 21.1 Å². The van der Waals surface area contributed by atoms with Crippen LogP contribution in [0.3, 0.4) is 0 Å². The van der Waals surface area contributed by atoms with Crippen LogP contribution in [0.4, 0.5) is 4.39 Å². The van der Waals surface area contributed by atoms with Gasteiger partial charge in [0.1, 0.15) is 11.6 Å². The van der Waals surface area contributed by atoms with Crippen molar-refractivity contribution in [2.24, 2.45) is 7.05 Å². The normalized spacial score (nSPS) is 12.0. The Morgan fingerprint density at radius 1 is 1.19 bits per heavy atom. The summed E-state index contributed by atoms with van der Waals surface area (Å²) < 4.78 is 25.9. The molecule has 0 fully saturated rings. The fraction of sp³-hybridized carbons (Fsp3) is 0.250. The highest BCUT2D eigenvalue weighted by Gasteiger charge is 2.19. The number of methoxy groups -OCH3 is 2. The molecular formula is C20H21ClFN3O2. The van der Waals surface area contributed by atoms with E-state index in [1.165, 1.54) is 12.1 Å². The van der Waals surface area contributed by atoms with Crippen LogP contribution in [0.1, 0.15) is 23.0 Å². The number of benzene rings is 2. The second-order valence-corrected chi connectivity index (χ2v) is 6.48. The summed E-state index contributed by atoms with van der Waals surface area (Å²) in [6.07, 6.45) is 3.61. The maximum atomic E-state index is 13.3. The minimum Gasteiger partial charge on any atom is -0.493 e. The largest absolute Gasteiger partial charge is 0.493 e. The van der Waals surface area contributed by atoms with Crippen molar-refractivity contribution < 1.29 is 13.9 Å². The standard InChI is InChI=1S/C20H21ClFN3O2/c1-25-9-8-23-20(25)18(14-4-6-15(22)7-5-14)24-12-13-10-16(21)19(27-3)17(11-13)26-2/h4-11,18,24H,12H2,1-3H3. The van der Waals surface area contributed by atoms with Crippen molar-refractivity contribution in [1.29, 1.82) is 0 Å². The van der Waals surface area contributed by atoms with Gasteiger partial charge in [0.25, 0.3) is 0 Å². The fourth-order valence-electron chi connectivity index (χ4n) is 2.96. The van der Waals surface area contributed by atoms with Crippen molar-refractivity contribution >= 4 is 11.6 Å². The number of aromatic nitrogens is 2. The third-order valence-corrected chi connectivity index (χ3v) is 4.60. The minimum absolute atomic E-state index is 0.211. The van der Waals surface area contributed by atoms with E-state index in [1.807, 2.05) is 29.9 Å². The van der Waals surface area contributed by atoms with Gasteiger partial charge in [0.2, 0.25) is 0 Å². The highest BCUT2D eigenvalue weighted by atomic mass is 35.5. The number of aryl methyl sites for hydroxylation is 1. The van der Waals surface area contributed by atoms with Crippen LogP contribution in [0.25, 0.3) is 0 Å². The molecule has 1 unspecified atom stereocenters. The van der Waals surface area contributed by atoms with Crippen molar-refractivity contribution in [3.8, 4) is 11.5 Å². The summed E-state index contributed by atoms with van der Waals surface area (Å²) >= 11 is 6.30. The number of nitrogens with zero attached hydrogens (tertiary/aromatic N) is 2. The predicted octanol–water partition coefficient (Wildman–Crippen LogP) is 4.11. The zero-order valence-corrected chi connectivity index (χ0v) is 16.1. The average molecular weight is 390 g/mol. The first kappa shape index (κ1) is 19.2. The molecule has 0 amide bonds. The Hall–Kier alpha value is -2.57. The van der Waals surface area contributed by atoms with E-state index >= 15 is 0 Å². The molecule has 0 bridgehead atoms. The van der Waals surface area contributed by atoms with Crippen LogP contribution < -0.4 is 14.8 Å². The number of ether oxygens (including phenoxy) is 2. The van der Waals surface area contributed by atoms with Gasteiger partial charge in [-0.25, -0.2) is 9.37 Å². The second kappa shape index (κ2) is 8.41. The van der Waals surface area contributed by atoms with Crippen LogP contribution in [0.2, 0.25) is 5.02 Å². The predicted molar refractivity (Wildman–Crippen MR) is 103 cm³/mol. The van der Waals surface area contributed by atoms with Gasteiger partial charge in [-0.05, 0) is 35.4 Å². The summed E-state index contributed by atoms with van der Waals surface area (Å²) in [7, 11) is 5.04. The first-order valence-electron chi connectivity index (χ1n) is 8.40. The zero-order chi connectivity index (χ0) is 19.4. The number of hydrogen-bond donors (Lipinski definition) is 1. The number of rotatable bonds is 7. The van der Waals surface area contributed by atoms with Crippen molar-refractivity contribution in [2.45, 2.75) is 12.6 Å². The van der Waals surface area contributed by atoms with E-state index in [0.717, 1.165) is 17.0 Å². The Labute approximate surface area is 162 Å². The van der Waals surface area contributed by atoms with Gasteiger partial charge >= 0.3 is 0 Å². The molecule has 1 aromatic heterocycles. The van der Waals surface area contributed by atoms with Gasteiger partial charge in [0.05, 0.1) is 25.3 Å². The lowest BCUT2D eigenvalue weighted by Crippen LogP contribution is -2.24. The molecule has 1 N–H and O–H groups in total. The van der Waals surface area contributed by atoms with Crippen molar-refractivity contribution in [3.05, 3.63) is 76.6 Å². The summed E-state index contributed by atoms with van der Waals surface area (Å²) in [6.45, 7) is 0.509. The summed E-state index contributed by atoms with van der Waals surface area (Å²) in [4.78, 5) is 4.44. The van der Waals surface area contributed by atoms with Crippen LogP contribution in [-0.4, -0.2) is 23.8 Å². The Morgan fingerprint density at radius 3 is 2.52 bits per heavy atom. The quantitative estimate of drug-likeness (QED) is 0.660. The van der Waals surface area contributed by atoms with Crippen LogP contribution >= 0.6 is 11.6 Å². The second-order valence-electron chi connectivity index (χ2n) is 6.07. The number of hydrogen-bond acceptors (Lipinski definition) is 4. The van der Waals surface area contributed by atoms with E-state index in [2.05, 4.69) is 10.3 Å². The molecule has 2 aromatic carbocycles. The van der Waals surface area contributed by atoms with E-state index in [1.54, 1.807) is 32.5 Å². The lowest BCUT2D eigenvalue weighted by atomic mass is 10.1. The number of imidazole rings is 1. The van der Waals surface area contributed by atoms with Gasteiger partial charge in [0.15, 0.2) is 11.5 Å². The third-order valence-electron chi connectivity index (χ3n) is 4.32. The van der Waals surface area contributed by atoms with Crippen LogP contribution in [0.15, 0.2) is 48.8 Å². The van der Waals surface area contributed by atoms with Crippen molar-refractivity contribution in [3.63, 3.8) is 0 Å². The Balaban J connectivity index is 1.88. The van der Waals surface area contributed by atoms with Crippen LogP contribution in [-0.2, 0) is 13.6 Å². The molecule has 142 valence electrons. The van der Waals surface area contributed by atoms with Crippen LogP contribution in [0, 0.1) is 5.82 Å². The van der Waals surface area contributed by atoms with Crippen molar-refractivity contribution in [1.82, 2.24) is 14.9 Å². The van der Waals surface area contributed by atoms with Gasteiger partial charge in [-0.15, -0.1) is 0 Å². The van der Waals surface area contributed by atoms with E-state index < -0.39 is 0 Å². The number of halogens is 2. The molecule has 0 saturated heterocycles. The molecule has 3 rings (SSSR count). The van der Waals surface area contributed by atoms with Gasteiger partial charge in [-0.2, -0.15) is 0 Å². The molecule has 0 spiro atoms. The topological polar surface area (TPSA) is 48.3 Å². The Bertz CT molecular complexity index is 912. The van der Waals surface area contributed by atoms with Gasteiger partial charge < -0.3 is 14.0 Å². The first-order chi connectivity index (χ1) is 13.0. The monoisotopic (exact) mass is 389 g/mol. The molecule has 7 heteroatoms. The van der Waals surface area contributed by atoms with E-state index in [-0.39, 0.29) is 11.9 Å². The smallest absolute Gasteiger partial charge is 0.179 e. The molecule has 5 nitrogen and oxygen atoms in total. The molecule has 3 aromatic rings. The molecule has 27 heavy (non-hydrogen) atoms. The molecule has 1 atom stereocenters. The summed E-state index contributed by atoms with van der Waals surface area (Å²) in [5, 5.41) is 3.95. The average Bonchev–Trinajstić information content (AvgIpc) is 3.08. The van der Waals surface area contributed by atoms with Crippen molar-refractivity contribution in [2.75, 3.05) is 14.2 Å². The van der Waals surface area contributed by atoms with Gasteiger partial charge in [-0.3, -0.25) is 5.32 Å². The molecule has 0 radical (unpaired) electrons. The van der Waals surface area contributed by atoms with Crippen LogP contribution in [0.5, 0.6) is 11.5 Å². The summed E-state index contributed by atoms with van der Waals surface area (Å²) in [5.41, 5.74) is 1.84. The lowest BCUT2D eigenvalue weighted by molar-refractivity contribution is 0.354. The lowest BCUT2D eigenvalue weighted by Gasteiger charge is -2.20. The van der Waals surface area contributed by atoms with E-state index in [9.17, 15) is 4.39 Å². The Morgan fingerprint density at radius 2 is 1.93 bits per heavy atom. The van der Waals surface area contributed by atoms with Gasteiger partial charge in [-0.1, -0.05) is 23.7 Å². The highest BCUT2D eigenvalue weighted by Crippen LogP contribution is 2.36. The first-order valence-corrected chi connectivity index (χ1v) is 8.77. The highest BCUT2D eigenvalue weighted by molar-refractivity contribution is 6.32. The Kier molecular flexibility index (Phi) is 5.98. The molecule has 0 aliphatic rings. The third kappa shape index (κ3) is 4.23. The maximum absolute atomic E-state index is 13.3. The molecule has 1 heterocycles. The molecule has 0 aliphatic carbocycles. The van der Waals surface area contributed by atoms with Gasteiger partial charge in [0, 0.05) is 26.0 Å². The molecular weight excluding hydrogens is 369 g/mol. The molecule has 0 saturated carbocycles. The fourth-order valence-corrected chi connectivity index (χ4v) is 3.27. The SMILES string of the molecule is COc1cc(CNC(c2ccc(F)cc2)c2nccn2C)cc(Cl)c1OC. The number of nitrogens with one attached hydrogen (secondary N) is 1. The zero-order valence-electron chi connectivity index (χ0n) is 15.4. The molecule has 0 aliphatic heterocycles. The maximum Gasteiger partial charge on any atom is 0.179 e. The summed E-state index contributed by atoms with van der Waals surface area (Å²) in [6, 6.07) is 9.89.